The van der Waals surface area contributed by atoms with Crippen LogP contribution in [0.25, 0.3) is 11.1 Å². The second-order valence-electron chi connectivity index (χ2n) is 12.4. The highest BCUT2D eigenvalue weighted by Crippen LogP contribution is 2.34. The molecule has 2 aromatic heterocycles. The molecule has 3 aromatic rings. The van der Waals surface area contributed by atoms with Crippen LogP contribution in [-0.4, -0.2) is 51.1 Å². The largest absolute Gasteiger partial charge is 0.481 e. The molecule has 250 valence electrons. The zero-order valence-corrected chi connectivity index (χ0v) is 26.7. The maximum Gasteiger partial charge on any atom is 0.416 e. The summed E-state index contributed by atoms with van der Waals surface area (Å²) in [6.45, 7) is 8.94. The molecule has 1 aromatic carbocycles. The summed E-state index contributed by atoms with van der Waals surface area (Å²) in [5.74, 6) is -0.0858. The van der Waals surface area contributed by atoms with Gasteiger partial charge in [-0.3, -0.25) is 14.4 Å². The van der Waals surface area contributed by atoms with Crippen molar-refractivity contribution in [2.75, 3.05) is 19.6 Å². The number of carboxylic acid groups (broad SMARTS) is 1. The number of carbonyl (C=O) groups is 2. The normalized spacial score (nSPS) is 14.7. The Kier molecular flexibility index (Phi) is 10.9. The molecule has 0 unspecified atom stereocenters. The van der Waals surface area contributed by atoms with Crippen molar-refractivity contribution in [3.05, 3.63) is 86.3 Å². The number of hydrogen-bond acceptors (Lipinski definition) is 5. The van der Waals surface area contributed by atoms with Crippen molar-refractivity contribution >= 4 is 11.9 Å². The number of terminal acetylenes is 1. The van der Waals surface area contributed by atoms with Crippen LogP contribution < -0.4 is 10.9 Å². The summed E-state index contributed by atoms with van der Waals surface area (Å²) in [5, 5.41) is 12.5. The lowest BCUT2D eigenvalue weighted by Gasteiger charge is -2.31. The highest BCUT2D eigenvalue weighted by Gasteiger charge is 2.36. The molecule has 1 aliphatic rings. The molecule has 0 spiro atoms. The fraction of sp³-hybridized carbons (Fsp3) is 0.429. The average Bonchev–Trinajstić information content (AvgIpc) is 2.94. The van der Waals surface area contributed by atoms with Crippen molar-refractivity contribution in [3.63, 3.8) is 0 Å². The van der Waals surface area contributed by atoms with Gasteiger partial charge in [0.2, 0.25) is 5.91 Å². The van der Waals surface area contributed by atoms with E-state index in [1.54, 1.807) is 33.8 Å². The van der Waals surface area contributed by atoms with Gasteiger partial charge in [-0.15, -0.1) is 6.42 Å². The monoisotopic (exact) mass is 654 g/mol. The standard InChI is InChI=1S/C35H38F4N4O4/c1-6-28-26(33-21(4)13-25(36)14-22(33)5)15-24(18-40-28)29(17-32(45)46)41-34(47)30(12-20(2)3)43-19-23(8-11-42-9-7-10-42)27(16-31(43)44)35(37,38)39/h1,13-16,18-20,29-30H,7-12,17H2,2-5H3,(H,41,47)(H,45,46)/t29-,30-/m0/s1. The maximum absolute atomic E-state index is 14.1. The van der Waals surface area contributed by atoms with Crippen LogP contribution in [0.3, 0.4) is 0 Å². The highest BCUT2D eigenvalue weighted by atomic mass is 19.4. The third kappa shape index (κ3) is 8.46. The Morgan fingerprint density at radius 3 is 2.32 bits per heavy atom. The number of nitrogens with zero attached hydrogens (tertiary/aromatic N) is 3. The smallest absolute Gasteiger partial charge is 0.416 e. The molecule has 3 heterocycles. The van der Waals surface area contributed by atoms with E-state index in [4.69, 9.17) is 6.42 Å². The Hall–Kier alpha value is -4.50. The Balaban J connectivity index is 1.76. The molecule has 0 radical (unpaired) electrons. The lowest BCUT2D eigenvalue weighted by Crippen LogP contribution is -2.41. The van der Waals surface area contributed by atoms with E-state index in [-0.39, 0.29) is 35.6 Å². The number of alkyl halides is 3. The minimum Gasteiger partial charge on any atom is -0.481 e. The molecule has 1 amide bonds. The summed E-state index contributed by atoms with van der Waals surface area (Å²) in [6, 6.07) is 2.42. The van der Waals surface area contributed by atoms with Gasteiger partial charge in [0.1, 0.15) is 17.6 Å². The lowest BCUT2D eigenvalue weighted by molar-refractivity contribution is -0.139. The molecule has 47 heavy (non-hydrogen) atoms. The second kappa shape index (κ2) is 14.5. The van der Waals surface area contributed by atoms with Gasteiger partial charge in [0, 0.05) is 30.6 Å². The van der Waals surface area contributed by atoms with Gasteiger partial charge in [0.15, 0.2) is 0 Å². The third-order valence-corrected chi connectivity index (χ3v) is 8.36. The summed E-state index contributed by atoms with van der Waals surface area (Å²) in [4.78, 5) is 45.5. The zero-order valence-electron chi connectivity index (χ0n) is 26.7. The van der Waals surface area contributed by atoms with Gasteiger partial charge < -0.3 is 19.9 Å². The summed E-state index contributed by atoms with van der Waals surface area (Å²) in [6.07, 6.45) is 3.93. The third-order valence-electron chi connectivity index (χ3n) is 8.36. The average molecular weight is 655 g/mol. The number of amides is 1. The molecule has 2 atom stereocenters. The quantitative estimate of drug-likeness (QED) is 0.188. The molecule has 0 bridgehead atoms. The number of benzene rings is 1. The number of pyridine rings is 2. The molecule has 0 saturated carbocycles. The van der Waals surface area contributed by atoms with E-state index < -0.39 is 53.5 Å². The maximum atomic E-state index is 14.1. The first-order valence-electron chi connectivity index (χ1n) is 15.4. The molecular formula is C35H38F4N4O4. The molecule has 1 saturated heterocycles. The summed E-state index contributed by atoms with van der Waals surface area (Å²) >= 11 is 0. The van der Waals surface area contributed by atoms with Gasteiger partial charge in [0.05, 0.1) is 18.0 Å². The Labute approximate surface area is 270 Å². The molecule has 4 rings (SSSR count). The first-order chi connectivity index (χ1) is 22.1. The van der Waals surface area contributed by atoms with Crippen molar-refractivity contribution in [2.45, 2.75) is 71.6 Å². The number of likely N-dealkylation sites (tertiary alicyclic amines) is 1. The SMILES string of the molecule is C#Cc1ncc([C@H](CC(=O)O)NC(=O)[C@H](CC(C)C)n2cc(CCN3CCC3)c(C(F)(F)F)cc2=O)cc1-c1c(C)cc(F)cc1C. The van der Waals surface area contributed by atoms with Crippen molar-refractivity contribution in [2.24, 2.45) is 5.92 Å². The van der Waals surface area contributed by atoms with Gasteiger partial charge in [-0.1, -0.05) is 13.8 Å². The van der Waals surface area contributed by atoms with Crippen molar-refractivity contribution in [3.8, 4) is 23.5 Å². The molecule has 1 aliphatic heterocycles. The van der Waals surface area contributed by atoms with Crippen molar-refractivity contribution in [1.29, 1.82) is 0 Å². The topological polar surface area (TPSA) is 105 Å². The van der Waals surface area contributed by atoms with Crippen LogP contribution in [0.15, 0.2) is 41.5 Å². The molecule has 12 heteroatoms. The Morgan fingerprint density at radius 2 is 1.79 bits per heavy atom. The Morgan fingerprint density at radius 1 is 1.13 bits per heavy atom. The number of hydrogen-bond donors (Lipinski definition) is 2. The minimum absolute atomic E-state index is 0.0327. The van der Waals surface area contributed by atoms with Gasteiger partial charge >= 0.3 is 12.1 Å². The van der Waals surface area contributed by atoms with Gasteiger partial charge in [-0.25, -0.2) is 9.37 Å². The first-order valence-corrected chi connectivity index (χ1v) is 15.4. The number of aromatic nitrogens is 2. The van der Waals surface area contributed by atoms with Crippen LogP contribution in [0.1, 0.15) is 78.7 Å². The van der Waals surface area contributed by atoms with Gasteiger partial charge in [0.25, 0.3) is 5.56 Å². The van der Waals surface area contributed by atoms with E-state index in [9.17, 15) is 37.1 Å². The molecule has 0 aliphatic carbocycles. The highest BCUT2D eigenvalue weighted by molar-refractivity contribution is 5.82. The number of carboxylic acids is 1. The summed E-state index contributed by atoms with van der Waals surface area (Å²) in [7, 11) is 0. The summed E-state index contributed by atoms with van der Waals surface area (Å²) < 4.78 is 57.0. The molecule has 1 fully saturated rings. The van der Waals surface area contributed by atoms with Crippen LogP contribution in [0, 0.1) is 37.9 Å². The van der Waals surface area contributed by atoms with E-state index in [1.165, 1.54) is 18.3 Å². The predicted octanol–water partition coefficient (Wildman–Crippen LogP) is 5.83. The van der Waals surface area contributed by atoms with E-state index in [0.29, 0.717) is 34.9 Å². The zero-order chi connectivity index (χ0) is 34.6. The van der Waals surface area contributed by atoms with Gasteiger partial charge in [-0.05, 0) is 104 Å². The number of aliphatic carboxylic acids is 1. The van der Waals surface area contributed by atoms with Crippen LogP contribution in [0.5, 0.6) is 0 Å². The lowest BCUT2D eigenvalue weighted by atomic mass is 9.92. The van der Waals surface area contributed by atoms with E-state index in [0.717, 1.165) is 30.3 Å². The number of rotatable bonds is 12. The van der Waals surface area contributed by atoms with E-state index in [2.05, 4.69) is 16.2 Å². The first kappa shape index (κ1) is 35.4. The predicted molar refractivity (Wildman–Crippen MR) is 169 cm³/mol. The van der Waals surface area contributed by atoms with Crippen molar-refractivity contribution < 1.29 is 32.3 Å². The van der Waals surface area contributed by atoms with E-state index >= 15 is 0 Å². The molecule has 2 N–H and O–H groups in total. The fourth-order valence-electron chi connectivity index (χ4n) is 5.98. The van der Waals surface area contributed by atoms with E-state index in [1.807, 2.05) is 4.90 Å². The number of carbonyl (C=O) groups excluding carboxylic acids is 1. The number of nitrogens with one attached hydrogen (secondary N) is 1. The Bertz CT molecular complexity index is 1730. The van der Waals surface area contributed by atoms with Crippen LogP contribution in [0.4, 0.5) is 17.6 Å². The fourth-order valence-corrected chi connectivity index (χ4v) is 5.98. The van der Waals surface area contributed by atoms with Gasteiger partial charge in [-0.2, -0.15) is 13.2 Å². The van der Waals surface area contributed by atoms with Crippen LogP contribution in [0.2, 0.25) is 0 Å². The summed E-state index contributed by atoms with van der Waals surface area (Å²) in [5.41, 5.74) is 0.568. The second-order valence-corrected chi connectivity index (χ2v) is 12.4. The van der Waals surface area contributed by atoms with Crippen molar-refractivity contribution in [1.82, 2.24) is 19.8 Å². The molecule has 8 nitrogen and oxygen atoms in total. The minimum atomic E-state index is -4.76. The van der Waals surface area contributed by atoms with Crippen LogP contribution in [-0.2, 0) is 22.2 Å². The van der Waals surface area contributed by atoms with Crippen LogP contribution >= 0.6 is 0 Å². The number of aryl methyl sites for hydroxylation is 2. The molecular weight excluding hydrogens is 616 g/mol. The number of halogens is 4.